The van der Waals surface area contributed by atoms with Crippen LogP contribution in [-0.2, 0) is 11.3 Å². The van der Waals surface area contributed by atoms with Crippen LogP contribution in [0.5, 0.6) is 11.5 Å². The Morgan fingerprint density at radius 2 is 2.10 bits per heavy atom. The SMILES string of the molecule is CC(C)CNC(=O)C(C)NCc1cc(Cl)c2c(c1)OCO2. The summed E-state index contributed by atoms with van der Waals surface area (Å²) in [5.74, 6) is 1.67. The molecule has 5 nitrogen and oxygen atoms in total. The molecule has 0 bridgehead atoms. The van der Waals surface area contributed by atoms with E-state index in [9.17, 15) is 4.79 Å². The van der Waals surface area contributed by atoms with Crippen molar-refractivity contribution in [1.29, 1.82) is 0 Å². The van der Waals surface area contributed by atoms with Crippen LogP contribution in [0.4, 0.5) is 0 Å². The molecule has 0 aliphatic carbocycles. The third-order valence-corrected chi connectivity index (χ3v) is 3.46. The molecule has 1 aliphatic rings. The van der Waals surface area contributed by atoms with Crippen molar-refractivity contribution in [3.63, 3.8) is 0 Å². The summed E-state index contributed by atoms with van der Waals surface area (Å²) < 4.78 is 10.6. The Hall–Kier alpha value is -1.46. The summed E-state index contributed by atoms with van der Waals surface area (Å²) >= 11 is 6.13. The van der Waals surface area contributed by atoms with Crippen molar-refractivity contribution in [2.75, 3.05) is 13.3 Å². The van der Waals surface area contributed by atoms with Crippen molar-refractivity contribution in [2.45, 2.75) is 33.4 Å². The van der Waals surface area contributed by atoms with Crippen LogP contribution in [-0.4, -0.2) is 25.3 Å². The van der Waals surface area contributed by atoms with Gasteiger partial charge in [0, 0.05) is 13.1 Å². The first-order valence-electron chi connectivity index (χ1n) is 7.06. The van der Waals surface area contributed by atoms with Gasteiger partial charge in [-0.25, -0.2) is 0 Å². The van der Waals surface area contributed by atoms with Crippen LogP contribution in [0.2, 0.25) is 5.02 Å². The van der Waals surface area contributed by atoms with E-state index in [-0.39, 0.29) is 18.7 Å². The summed E-state index contributed by atoms with van der Waals surface area (Å²) in [5.41, 5.74) is 0.952. The summed E-state index contributed by atoms with van der Waals surface area (Å²) in [6, 6.07) is 3.42. The maximum atomic E-state index is 11.9. The lowest BCUT2D eigenvalue weighted by molar-refractivity contribution is -0.122. The van der Waals surface area contributed by atoms with E-state index in [2.05, 4.69) is 24.5 Å². The Balaban J connectivity index is 1.88. The summed E-state index contributed by atoms with van der Waals surface area (Å²) in [6.07, 6.45) is 0. The molecule has 1 aromatic rings. The molecule has 0 radical (unpaired) electrons. The van der Waals surface area contributed by atoms with Gasteiger partial charge in [0.2, 0.25) is 12.7 Å². The van der Waals surface area contributed by atoms with E-state index in [1.54, 1.807) is 0 Å². The zero-order chi connectivity index (χ0) is 15.4. The molecule has 1 atom stereocenters. The van der Waals surface area contributed by atoms with Crippen molar-refractivity contribution in [1.82, 2.24) is 10.6 Å². The molecular weight excluding hydrogens is 292 g/mol. The highest BCUT2D eigenvalue weighted by molar-refractivity contribution is 6.32. The van der Waals surface area contributed by atoms with Gasteiger partial charge in [0.05, 0.1) is 11.1 Å². The number of nitrogens with one attached hydrogen (secondary N) is 2. The molecule has 116 valence electrons. The van der Waals surface area contributed by atoms with Gasteiger partial charge in [-0.15, -0.1) is 0 Å². The van der Waals surface area contributed by atoms with Gasteiger partial charge in [-0.2, -0.15) is 0 Å². The fourth-order valence-corrected chi connectivity index (χ4v) is 2.23. The number of carbonyl (C=O) groups is 1. The minimum Gasteiger partial charge on any atom is -0.454 e. The van der Waals surface area contributed by atoms with Crippen molar-refractivity contribution < 1.29 is 14.3 Å². The van der Waals surface area contributed by atoms with Gasteiger partial charge >= 0.3 is 0 Å². The van der Waals surface area contributed by atoms with E-state index in [0.29, 0.717) is 35.5 Å². The van der Waals surface area contributed by atoms with Gasteiger partial charge in [0.15, 0.2) is 11.5 Å². The molecule has 0 aromatic heterocycles. The predicted molar refractivity (Wildman–Crippen MR) is 81.7 cm³/mol. The van der Waals surface area contributed by atoms with Gasteiger partial charge in [-0.05, 0) is 30.5 Å². The van der Waals surface area contributed by atoms with Crippen LogP contribution in [0.25, 0.3) is 0 Å². The molecule has 21 heavy (non-hydrogen) atoms. The van der Waals surface area contributed by atoms with Gasteiger partial charge in [-0.1, -0.05) is 25.4 Å². The Kier molecular flexibility index (Phi) is 5.31. The normalized spacial score (nSPS) is 14.3. The lowest BCUT2D eigenvalue weighted by Crippen LogP contribution is -2.42. The highest BCUT2D eigenvalue weighted by Crippen LogP contribution is 2.39. The number of benzene rings is 1. The second-order valence-corrected chi connectivity index (χ2v) is 5.96. The number of halogens is 1. The van der Waals surface area contributed by atoms with Gasteiger partial charge < -0.3 is 20.1 Å². The average Bonchev–Trinajstić information content (AvgIpc) is 2.91. The van der Waals surface area contributed by atoms with E-state index >= 15 is 0 Å². The molecule has 2 rings (SSSR count). The number of hydrogen-bond acceptors (Lipinski definition) is 4. The molecule has 1 aliphatic heterocycles. The van der Waals surface area contributed by atoms with E-state index in [4.69, 9.17) is 21.1 Å². The van der Waals surface area contributed by atoms with E-state index < -0.39 is 0 Å². The number of ether oxygens (including phenoxy) is 2. The smallest absolute Gasteiger partial charge is 0.236 e. The number of rotatable bonds is 6. The first-order chi connectivity index (χ1) is 9.97. The molecule has 2 N–H and O–H groups in total. The predicted octanol–water partition coefficient (Wildman–Crippen LogP) is 2.32. The van der Waals surface area contributed by atoms with Crippen molar-refractivity contribution in [2.24, 2.45) is 5.92 Å². The van der Waals surface area contributed by atoms with Crippen LogP contribution in [0.15, 0.2) is 12.1 Å². The second-order valence-electron chi connectivity index (χ2n) is 5.55. The first kappa shape index (κ1) is 15.9. The summed E-state index contributed by atoms with van der Waals surface area (Å²) in [4.78, 5) is 11.9. The Morgan fingerprint density at radius 3 is 2.81 bits per heavy atom. The molecule has 1 heterocycles. The fraction of sp³-hybridized carbons (Fsp3) is 0.533. The minimum atomic E-state index is -0.270. The number of fused-ring (bicyclic) bond motifs is 1. The second kappa shape index (κ2) is 7.00. The molecule has 1 unspecified atom stereocenters. The van der Waals surface area contributed by atoms with Crippen molar-refractivity contribution in [3.8, 4) is 11.5 Å². The van der Waals surface area contributed by atoms with Crippen LogP contribution in [0, 0.1) is 5.92 Å². The van der Waals surface area contributed by atoms with E-state index in [1.807, 2.05) is 19.1 Å². The molecule has 6 heteroatoms. The fourth-order valence-electron chi connectivity index (χ4n) is 1.94. The molecule has 0 saturated carbocycles. The molecule has 1 amide bonds. The number of carbonyl (C=O) groups excluding carboxylic acids is 1. The highest BCUT2D eigenvalue weighted by Gasteiger charge is 2.19. The summed E-state index contributed by atoms with van der Waals surface area (Å²) in [5, 5.41) is 6.60. The minimum absolute atomic E-state index is 0.00413. The first-order valence-corrected chi connectivity index (χ1v) is 7.44. The molecule has 0 saturated heterocycles. The maximum Gasteiger partial charge on any atom is 0.236 e. The molecule has 0 fully saturated rings. The van der Waals surface area contributed by atoms with E-state index in [0.717, 1.165) is 5.56 Å². The molecule has 1 aromatic carbocycles. The number of hydrogen-bond donors (Lipinski definition) is 2. The topological polar surface area (TPSA) is 59.6 Å². The Bertz CT molecular complexity index is 520. The van der Waals surface area contributed by atoms with Crippen LogP contribution in [0.1, 0.15) is 26.3 Å². The van der Waals surface area contributed by atoms with Crippen LogP contribution >= 0.6 is 11.6 Å². The van der Waals surface area contributed by atoms with Gasteiger partial charge in [-0.3, -0.25) is 4.79 Å². The standard InChI is InChI=1S/C15H21ClN2O3/c1-9(2)6-18-15(19)10(3)17-7-11-4-12(16)14-13(5-11)20-8-21-14/h4-5,9-10,17H,6-8H2,1-3H3,(H,18,19). The third kappa shape index (κ3) is 4.25. The molecular formula is C15H21ClN2O3. The summed E-state index contributed by atoms with van der Waals surface area (Å²) in [7, 11) is 0. The average molecular weight is 313 g/mol. The zero-order valence-corrected chi connectivity index (χ0v) is 13.3. The zero-order valence-electron chi connectivity index (χ0n) is 12.5. The van der Waals surface area contributed by atoms with Crippen LogP contribution < -0.4 is 20.1 Å². The van der Waals surface area contributed by atoms with E-state index in [1.165, 1.54) is 0 Å². The third-order valence-electron chi connectivity index (χ3n) is 3.18. The van der Waals surface area contributed by atoms with Crippen molar-refractivity contribution in [3.05, 3.63) is 22.7 Å². The number of amides is 1. The lowest BCUT2D eigenvalue weighted by Gasteiger charge is -2.15. The quantitative estimate of drug-likeness (QED) is 0.846. The highest BCUT2D eigenvalue weighted by atomic mass is 35.5. The Morgan fingerprint density at radius 1 is 1.33 bits per heavy atom. The Labute approximate surface area is 130 Å². The summed E-state index contributed by atoms with van der Waals surface area (Å²) in [6.45, 7) is 7.37. The lowest BCUT2D eigenvalue weighted by atomic mass is 10.2. The largest absolute Gasteiger partial charge is 0.454 e. The van der Waals surface area contributed by atoms with Crippen molar-refractivity contribution >= 4 is 17.5 Å². The van der Waals surface area contributed by atoms with Gasteiger partial charge in [0.1, 0.15) is 0 Å². The maximum absolute atomic E-state index is 11.9. The molecule has 0 spiro atoms. The van der Waals surface area contributed by atoms with Crippen LogP contribution in [0.3, 0.4) is 0 Å². The monoisotopic (exact) mass is 312 g/mol. The van der Waals surface area contributed by atoms with Gasteiger partial charge in [0.25, 0.3) is 0 Å².